The SMILES string of the molecule is CC1(C)Oc2cc3oc(=O)ccc3cc2C[C@@H]1OC/C=C(\N=CN)c1ccc(Br)cc1. The number of nitrogens with two attached hydrogens (primary N) is 1. The molecule has 0 amide bonds. The molecule has 0 radical (unpaired) electrons. The molecule has 0 spiro atoms. The van der Waals surface area contributed by atoms with Gasteiger partial charge in [0.15, 0.2) is 0 Å². The zero-order valence-corrected chi connectivity index (χ0v) is 18.9. The van der Waals surface area contributed by atoms with Gasteiger partial charge in [0, 0.05) is 28.4 Å². The van der Waals surface area contributed by atoms with Crippen molar-refractivity contribution >= 4 is 38.9 Å². The average Bonchev–Trinajstić information content (AvgIpc) is 2.72. The summed E-state index contributed by atoms with van der Waals surface area (Å²) in [6, 6.07) is 14.8. The van der Waals surface area contributed by atoms with Crippen LogP contribution in [0.2, 0.25) is 0 Å². The van der Waals surface area contributed by atoms with E-state index in [0.29, 0.717) is 24.4 Å². The Morgan fingerprint density at radius 2 is 2.03 bits per heavy atom. The van der Waals surface area contributed by atoms with Gasteiger partial charge in [-0.1, -0.05) is 28.1 Å². The van der Waals surface area contributed by atoms with E-state index in [2.05, 4.69) is 20.9 Å². The highest BCUT2D eigenvalue weighted by Gasteiger charge is 2.38. The van der Waals surface area contributed by atoms with Gasteiger partial charge in [0.1, 0.15) is 23.0 Å². The number of rotatable bonds is 5. The number of hydrogen-bond acceptors (Lipinski definition) is 5. The zero-order valence-electron chi connectivity index (χ0n) is 17.3. The first-order valence-corrected chi connectivity index (χ1v) is 10.7. The van der Waals surface area contributed by atoms with Crippen LogP contribution in [0.15, 0.2) is 73.3 Å². The lowest BCUT2D eigenvalue weighted by Gasteiger charge is -2.39. The second-order valence-electron chi connectivity index (χ2n) is 7.86. The number of ether oxygens (including phenoxy) is 2. The Balaban J connectivity index is 1.54. The van der Waals surface area contributed by atoms with Crippen molar-refractivity contribution in [1.29, 1.82) is 0 Å². The molecule has 2 N–H and O–H groups in total. The highest BCUT2D eigenvalue weighted by atomic mass is 79.9. The van der Waals surface area contributed by atoms with Crippen LogP contribution >= 0.6 is 15.9 Å². The first-order valence-electron chi connectivity index (χ1n) is 9.93. The van der Waals surface area contributed by atoms with Gasteiger partial charge in [-0.05, 0) is 55.3 Å². The molecule has 0 fully saturated rings. The highest BCUT2D eigenvalue weighted by Crippen LogP contribution is 2.37. The molecule has 2 heterocycles. The van der Waals surface area contributed by atoms with E-state index in [0.717, 1.165) is 26.7 Å². The predicted molar refractivity (Wildman–Crippen MR) is 125 cm³/mol. The Bertz CT molecular complexity index is 1210. The van der Waals surface area contributed by atoms with E-state index in [4.69, 9.17) is 19.6 Å². The topological polar surface area (TPSA) is 87.0 Å². The van der Waals surface area contributed by atoms with Crippen LogP contribution in [0.25, 0.3) is 16.7 Å². The van der Waals surface area contributed by atoms with Gasteiger partial charge in [-0.15, -0.1) is 0 Å². The fourth-order valence-corrected chi connectivity index (χ4v) is 3.91. The third kappa shape index (κ3) is 4.73. The summed E-state index contributed by atoms with van der Waals surface area (Å²) in [5.74, 6) is 0.713. The molecule has 1 aliphatic heterocycles. The van der Waals surface area contributed by atoms with E-state index in [9.17, 15) is 4.79 Å². The summed E-state index contributed by atoms with van der Waals surface area (Å²) in [5.41, 5.74) is 7.82. The fraction of sp³-hybridized carbons (Fsp3) is 0.250. The van der Waals surface area contributed by atoms with Crippen molar-refractivity contribution in [2.75, 3.05) is 6.61 Å². The minimum Gasteiger partial charge on any atom is -0.485 e. The number of nitrogens with zero attached hydrogens (tertiary/aromatic N) is 1. The van der Waals surface area contributed by atoms with E-state index >= 15 is 0 Å². The number of hydrogen-bond donors (Lipinski definition) is 1. The Labute approximate surface area is 188 Å². The van der Waals surface area contributed by atoms with E-state index in [1.54, 1.807) is 12.1 Å². The summed E-state index contributed by atoms with van der Waals surface area (Å²) in [6.07, 6.45) is 3.70. The van der Waals surface area contributed by atoms with Crippen molar-refractivity contribution in [2.24, 2.45) is 10.7 Å². The molecular formula is C24H23BrN2O4. The Kier molecular flexibility index (Phi) is 5.98. The summed E-state index contributed by atoms with van der Waals surface area (Å²) < 4.78 is 18.7. The summed E-state index contributed by atoms with van der Waals surface area (Å²) in [4.78, 5) is 15.8. The zero-order chi connectivity index (χ0) is 22.0. The number of halogens is 1. The average molecular weight is 483 g/mol. The fourth-order valence-electron chi connectivity index (χ4n) is 3.64. The molecule has 3 aromatic rings. The predicted octanol–water partition coefficient (Wildman–Crippen LogP) is 4.68. The number of fused-ring (bicyclic) bond motifs is 2. The Morgan fingerprint density at radius 3 is 2.77 bits per heavy atom. The number of benzene rings is 2. The van der Waals surface area contributed by atoms with Crippen molar-refractivity contribution < 1.29 is 13.9 Å². The summed E-state index contributed by atoms with van der Waals surface area (Å²) >= 11 is 3.44. The first kappa shape index (κ1) is 21.3. The maximum Gasteiger partial charge on any atom is 0.336 e. The summed E-state index contributed by atoms with van der Waals surface area (Å²) in [7, 11) is 0. The van der Waals surface area contributed by atoms with Crippen LogP contribution < -0.4 is 16.1 Å². The third-order valence-electron chi connectivity index (χ3n) is 5.28. The van der Waals surface area contributed by atoms with E-state index < -0.39 is 5.60 Å². The Hall–Kier alpha value is -2.90. The summed E-state index contributed by atoms with van der Waals surface area (Å²) in [5, 5.41) is 0.857. The van der Waals surface area contributed by atoms with Crippen LogP contribution in [0.1, 0.15) is 25.0 Å². The second-order valence-corrected chi connectivity index (χ2v) is 8.77. The van der Waals surface area contributed by atoms with Gasteiger partial charge in [0.25, 0.3) is 0 Å². The molecule has 0 saturated carbocycles. The van der Waals surface area contributed by atoms with E-state index in [-0.39, 0.29) is 11.7 Å². The largest absolute Gasteiger partial charge is 0.485 e. The minimum atomic E-state index is -0.557. The summed E-state index contributed by atoms with van der Waals surface area (Å²) in [6.45, 7) is 4.34. The van der Waals surface area contributed by atoms with Gasteiger partial charge in [0.2, 0.25) is 0 Å². The maximum absolute atomic E-state index is 11.5. The van der Waals surface area contributed by atoms with Crippen LogP contribution in [0.4, 0.5) is 0 Å². The minimum absolute atomic E-state index is 0.169. The molecule has 31 heavy (non-hydrogen) atoms. The molecule has 0 saturated heterocycles. The van der Waals surface area contributed by atoms with Crippen molar-refractivity contribution in [3.63, 3.8) is 0 Å². The third-order valence-corrected chi connectivity index (χ3v) is 5.81. The van der Waals surface area contributed by atoms with Crippen molar-refractivity contribution in [3.8, 4) is 5.75 Å². The van der Waals surface area contributed by atoms with E-state index in [1.165, 1.54) is 12.4 Å². The molecule has 1 aromatic heterocycles. The lowest BCUT2D eigenvalue weighted by Crippen LogP contribution is -2.48. The quantitative estimate of drug-likeness (QED) is 0.324. The molecule has 160 valence electrons. The van der Waals surface area contributed by atoms with Gasteiger partial charge in [-0.2, -0.15) is 0 Å². The van der Waals surface area contributed by atoms with Gasteiger partial charge < -0.3 is 19.6 Å². The van der Waals surface area contributed by atoms with Crippen LogP contribution in [-0.2, 0) is 11.2 Å². The molecule has 7 heteroatoms. The Morgan fingerprint density at radius 1 is 1.26 bits per heavy atom. The van der Waals surface area contributed by atoms with Gasteiger partial charge in [-0.3, -0.25) is 0 Å². The maximum atomic E-state index is 11.5. The molecule has 1 atom stereocenters. The van der Waals surface area contributed by atoms with Crippen LogP contribution in [0.5, 0.6) is 5.75 Å². The van der Waals surface area contributed by atoms with Crippen LogP contribution in [-0.4, -0.2) is 24.7 Å². The van der Waals surface area contributed by atoms with Gasteiger partial charge >= 0.3 is 5.63 Å². The van der Waals surface area contributed by atoms with Crippen molar-refractivity contribution in [2.45, 2.75) is 32.0 Å². The van der Waals surface area contributed by atoms with Gasteiger partial charge in [-0.25, -0.2) is 9.79 Å². The lowest BCUT2D eigenvalue weighted by atomic mass is 9.90. The van der Waals surface area contributed by atoms with Crippen LogP contribution in [0.3, 0.4) is 0 Å². The molecule has 0 aliphatic carbocycles. The van der Waals surface area contributed by atoms with Crippen molar-refractivity contribution in [1.82, 2.24) is 0 Å². The first-order chi connectivity index (χ1) is 14.9. The number of aliphatic imine (C=N–C) groups is 1. The van der Waals surface area contributed by atoms with E-state index in [1.807, 2.05) is 50.3 Å². The molecule has 4 rings (SSSR count). The molecule has 6 nitrogen and oxygen atoms in total. The standard InChI is InChI=1S/C24H23BrN2O4/c1-24(2)22(29-10-9-19(27-14-26)15-3-6-18(25)7-4-15)12-17-11-16-5-8-23(28)30-20(16)13-21(17)31-24/h3-9,11,13-14,22H,10,12H2,1-2H3,(H2,26,27)/b19-9-/t22-/m0/s1. The normalized spacial score (nSPS) is 18.2. The molecule has 0 unspecified atom stereocenters. The molecular weight excluding hydrogens is 460 g/mol. The monoisotopic (exact) mass is 482 g/mol. The lowest BCUT2D eigenvalue weighted by molar-refractivity contribution is -0.0753. The molecule has 2 aromatic carbocycles. The smallest absolute Gasteiger partial charge is 0.336 e. The van der Waals surface area contributed by atoms with Gasteiger partial charge in [0.05, 0.1) is 18.6 Å². The highest BCUT2D eigenvalue weighted by molar-refractivity contribution is 9.10. The molecule has 1 aliphatic rings. The second kappa shape index (κ2) is 8.69. The van der Waals surface area contributed by atoms with Crippen LogP contribution in [0, 0.1) is 0 Å². The van der Waals surface area contributed by atoms with Crippen molar-refractivity contribution in [3.05, 3.63) is 80.6 Å². The molecule has 0 bridgehead atoms.